The van der Waals surface area contributed by atoms with E-state index in [4.69, 9.17) is 0 Å². The maximum Gasteiger partial charge on any atom is 0.212 e. The Kier molecular flexibility index (Phi) is 5.57. The Morgan fingerprint density at radius 3 is 2.70 bits per heavy atom. The second-order valence-corrected chi connectivity index (χ2v) is 7.28. The summed E-state index contributed by atoms with van der Waals surface area (Å²) in [5.41, 5.74) is 1.03. The normalized spacial score (nSPS) is 21.6. The molecule has 1 saturated heterocycles. The van der Waals surface area contributed by atoms with E-state index < -0.39 is 10.0 Å². The van der Waals surface area contributed by atoms with Crippen molar-refractivity contribution in [1.82, 2.24) is 10.0 Å². The van der Waals surface area contributed by atoms with Crippen LogP contribution in [-0.4, -0.2) is 27.3 Å². The van der Waals surface area contributed by atoms with Crippen molar-refractivity contribution in [2.45, 2.75) is 32.2 Å². The van der Waals surface area contributed by atoms with Gasteiger partial charge in [-0.05, 0) is 43.8 Å². The van der Waals surface area contributed by atoms with Crippen LogP contribution in [0.1, 0.15) is 37.8 Å². The summed E-state index contributed by atoms with van der Waals surface area (Å²) in [4.78, 5) is 0. The molecule has 0 radical (unpaired) electrons. The van der Waals surface area contributed by atoms with Crippen molar-refractivity contribution in [2.75, 3.05) is 18.8 Å². The molecule has 0 amide bonds. The van der Waals surface area contributed by atoms with Crippen LogP contribution in [-0.2, 0) is 10.0 Å². The summed E-state index contributed by atoms with van der Waals surface area (Å²) in [6.45, 7) is 3.82. The number of piperidine rings is 1. The minimum atomic E-state index is -3.23. The van der Waals surface area contributed by atoms with Gasteiger partial charge in [0.15, 0.2) is 0 Å². The smallest absolute Gasteiger partial charge is 0.212 e. The maximum atomic E-state index is 12.3. The summed E-state index contributed by atoms with van der Waals surface area (Å²) in [7, 11) is -3.23. The SMILES string of the molecule is CCC(NS(=O)(=O)CC1CCCNC1)c1ccccc1. The van der Waals surface area contributed by atoms with E-state index in [0.717, 1.165) is 37.9 Å². The van der Waals surface area contributed by atoms with Gasteiger partial charge in [0.1, 0.15) is 0 Å². The zero-order chi connectivity index (χ0) is 14.4. The second-order valence-electron chi connectivity index (χ2n) is 5.48. The molecule has 2 atom stereocenters. The standard InChI is InChI=1S/C15H24N2O2S/c1-2-15(14-8-4-3-5-9-14)17-20(18,19)12-13-7-6-10-16-11-13/h3-5,8-9,13,15-17H,2,6-7,10-12H2,1H3. The van der Waals surface area contributed by atoms with Gasteiger partial charge in [-0.2, -0.15) is 0 Å². The molecule has 0 aliphatic carbocycles. The fourth-order valence-corrected chi connectivity index (χ4v) is 4.45. The van der Waals surface area contributed by atoms with E-state index in [1.54, 1.807) is 0 Å². The number of sulfonamides is 1. The van der Waals surface area contributed by atoms with Crippen LogP contribution in [0.3, 0.4) is 0 Å². The highest BCUT2D eigenvalue weighted by Crippen LogP contribution is 2.19. The van der Waals surface area contributed by atoms with Crippen LogP contribution in [0.15, 0.2) is 30.3 Å². The number of rotatable bonds is 6. The van der Waals surface area contributed by atoms with Crippen LogP contribution in [0.25, 0.3) is 0 Å². The predicted octanol–water partition coefficient (Wildman–Crippen LogP) is 2.06. The van der Waals surface area contributed by atoms with E-state index in [0.29, 0.717) is 0 Å². The van der Waals surface area contributed by atoms with Gasteiger partial charge in [0, 0.05) is 6.04 Å². The lowest BCUT2D eigenvalue weighted by atomic mass is 10.0. The van der Waals surface area contributed by atoms with Crippen LogP contribution in [0, 0.1) is 5.92 Å². The molecule has 1 aliphatic rings. The van der Waals surface area contributed by atoms with Gasteiger partial charge in [-0.25, -0.2) is 13.1 Å². The monoisotopic (exact) mass is 296 g/mol. The Hall–Kier alpha value is -0.910. The van der Waals surface area contributed by atoms with Crippen molar-refractivity contribution in [2.24, 2.45) is 5.92 Å². The van der Waals surface area contributed by atoms with Crippen LogP contribution >= 0.6 is 0 Å². The Bertz CT molecular complexity index is 496. The molecule has 0 spiro atoms. The molecule has 0 bridgehead atoms. The van der Waals surface area contributed by atoms with E-state index in [1.165, 1.54) is 0 Å². The molecule has 1 aromatic rings. The molecule has 0 aromatic heterocycles. The molecule has 2 N–H and O–H groups in total. The van der Waals surface area contributed by atoms with Crippen LogP contribution in [0.2, 0.25) is 0 Å². The molecule has 0 saturated carbocycles. The third kappa shape index (κ3) is 4.58. The van der Waals surface area contributed by atoms with Crippen molar-refractivity contribution in [3.63, 3.8) is 0 Å². The minimum Gasteiger partial charge on any atom is -0.316 e. The lowest BCUT2D eigenvalue weighted by molar-refractivity contribution is 0.401. The molecule has 5 heteroatoms. The zero-order valence-corrected chi connectivity index (χ0v) is 12.8. The number of hydrogen-bond donors (Lipinski definition) is 2. The summed E-state index contributed by atoms with van der Waals surface area (Å²) in [5.74, 6) is 0.457. The average Bonchev–Trinajstić information content (AvgIpc) is 2.46. The number of benzene rings is 1. The van der Waals surface area contributed by atoms with E-state index >= 15 is 0 Å². The summed E-state index contributed by atoms with van der Waals surface area (Å²) in [6.07, 6.45) is 2.82. The molecule has 1 aromatic carbocycles. The Morgan fingerprint density at radius 1 is 1.35 bits per heavy atom. The maximum absolute atomic E-state index is 12.3. The first-order chi connectivity index (χ1) is 9.61. The Balaban J connectivity index is 1.98. The summed E-state index contributed by atoms with van der Waals surface area (Å²) < 4.78 is 27.5. The van der Waals surface area contributed by atoms with Gasteiger partial charge in [0.05, 0.1) is 5.75 Å². The third-order valence-corrected chi connectivity index (χ3v) is 5.34. The van der Waals surface area contributed by atoms with E-state index in [1.807, 2.05) is 37.3 Å². The molecule has 112 valence electrons. The van der Waals surface area contributed by atoms with Crippen molar-refractivity contribution >= 4 is 10.0 Å². The molecule has 20 heavy (non-hydrogen) atoms. The average molecular weight is 296 g/mol. The molecular formula is C15H24N2O2S. The number of nitrogens with one attached hydrogen (secondary N) is 2. The minimum absolute atomic E-state index is 0.127. The van der Waals surface area contributed by atoms with Gasteiger partial charge < -0.3 is 5.32 Å². The summed E-state index contributed by atoms with van der Waals surface area (Å²) in [5, 5.41) is 3.26. The lowest BCUT2D eigenvalue weighted by Gasteiger charge is -2.24. The molecule has 2 unspecified atom stereocenters. The highest BCUT2D eigenvalue weighted by Gasteiger charge is 2.23. The van der Waals surface area contributed by atoms with Gasteiger partial charge in [-0.15, -0.1) is 0 Å². The fourth-order valence-electron chi connectivity index (χ4n) is 2.71. The molecular weight excluding hydrogens is 272 g/mol. The zero-order valence-electron chi connectivity index (χ0n) is 12.0. The van der Waals surface area contributed by atoms with E-state index in [2.05, 4.69) is 10.0 Å². The summed E-state index contributed by atoms with van der Waals surface area (Å²) >= 11 is 0. The van der Waals surface area contributed by atoms with Crippen molar-refractivity contribution in [3.05, 3.63) is 35.9 Å². The predicted molar refractivity (Wildman–Crippen MR) is 82.0 cm³/mol. The number of hydrogen-bond acceptors (Lipinski definition) is 3. The van der Waals surface area contributed by atoms with Crippen molar-refractivity contribution in [1.29, 1.82) is 0 Å². The van der Waals surface area contributed by atoms with Crippen molar-refractivity contribution < 1.29 is 8.42 Å². The molecule has 1 heterocycles. The molecule has 4 nitrogen and oxygen atoms in total. The van der Waals surface area contributed by atoms with Crippen LogP contribution < -0.4 is 10.0 Å². The molecule has 1 fully saturated rings. The lowest BCUT2D eigenvalue weighted by Crippen LogP contribution is -2.38. The van der Waals surface area contributed by atoms with Crippen LogP contribution in [0.4, 0.5) is 0 Å². The Labute approximate surface area is 122 Å². The van der Waals surface area contributed by atoms with E-state index in [-0.39, 0.29) is 17.7 Å². The third-order valence-electron chi connectivity index (χ3n) is 3.79. The first-order valence-corrected chi connectivity index (χ1v) is 9.01. The largest absolute Gasteiger partial charge is 0.316 e. The van der Waals surface area contributed by atoms with Gasteiger partial charge in [-0.3, -0.25) is 0 Å². The van der Waals surface area contributed by atoms with Gasteiger partial charge in [-0.1, -0.05) is 37.3 Å². The van der Waals surface area contributed by atoms with Crippen molar-refractivity contribution in [3.8, 4) is 0 Å². The second kappa shape index (κ2) is 7.20. The van der Waals surface area contributed by atoms with Gasteiger partial charge in [0.2, 0.25) is 10.0 Å². The first kappa shape index (κ1) is 15.5. The quantitative estimate of drug-likeness (QED) is 0.845. The topological polar surface area (TPSA) is 58.2 Å². The van der Waals surface area contributed by atoms with Gasteiger partial charge in [0.25, 0.3) is 0 Å². The first-order valence-electron chi connectivity index (χ1n) is 7.36. The van der Waals surface area contributed by atoms with Crippen LogP contribution in [0.5, 0.6) is 0 Å². The highest BCUT2D eigenvalue weighted by atomic mass is 32.2. The van der Waals surface area contributed by atoms with E-state index in [9.17, 15) is 8.42 Å². The fraction of sp³-hybridized carbons (Fsp3) is 0.600. The Morgan fingerprint density at radius 2 is 2.10 bits per heavy atom. The highest BCUT2D eigenvalue weighted by molar-refractivity contribution is 7.89. The van der Waals surface area contributed by atoms with Gasteiger partial charge >= 0.3 is 0 Å². The molecule has 1 aliphatic heterocycles. The molecule has 2 rings (SSSR count). The summed E-state index contributed by atoms with van der Waals surface area (Å²) in [6, 6.07) is 9.64.